The van der Waals surface area contributed by atoms with Crippen molar-refractivity contribution in [2.75, 3.05) is 6.54 Å². The number of aromatic nitrogens is 2. The monoisotopic (exact) mass is 247 g/mol. The fourth-order valence-electron chi connectivity index (χ4n) is 1.84. The zero-order valence-corrected chi connectivity index (χ0v) is 11.0. The van der Waals surface area contributed by atoms with Crippen LogP contribution in [0.25, 0.3) is 0 Å². The topological polar surface area (TPSA) is 37.8 Å². The van der Waals surface area contributed by atoms with Crippen LogP contribution in [0.4, 0.5) is 0 Å². The Morgan fingerprint density at radius 3 is 3.00 bits per heavy atom. The fraction of sp³-hybridized carbons (Fsp3) is 0.385. The summed E-state index contributed by atoms with van der Waals surface area (Å²) in [6, 6.07) is 4.41. The molecule has 0 bridgehead atoms. The average Bonchev–Trinajstić information content (AvgIpc) is 2.85. The first-order chi connectivity index (χ1) is 8.31. The van der Waals surface area contributed by atoms with Crippen LogP contribution in [-0.2, 0) is 6.42 Å². The van der Waals surface area contributed by atoms with Crippen molar-refractivity contribution in [2.24, 2.45) is 0 Å². The Kier molecular flexibility index (Phi) is 4.23. The van der Waals surface area contributed by atoms with E-state index < -0.39 is 0 Å². The number of aryl methyl sites for hydroxylation is 1. The number of hydrogen-bond acceptors (Lipinski definition) is 4. The Balaban J connectivity index is 2.16. The molecule has 2 aromatic heterocycles. The second-order valence-electron chi connectivity index (χ2n) is 3.99. The summed E-state index contributed by atoms with van der Waals surface area (Å²) in [6.45, 7) is 5.19. The van der Waals surface area contributed by atoms with E-state index in [9.17, 15) is 0 Å². The van der Waals surface area contributed by atoms with Crippen molar-refractivity contribution in [3.8, 4) is 0 Å². The van der Waals surface area contributed by atoms with Crippen molar-refractivity contribution < 1.29 is 0 Å². The molecule has 90 valence electrons. The molecule has 2 aromatic rings. The van der Waals surface area contributed by atoms with Crippen molar-refractivity contribution in [2.45, 2.75) is 26.3 Å². The highest BCUT2D eigenvalue weighted by Gasteiger charge is 2.14. The van der Waals surface area contributed by atoms with Crippen molar-refractivity contribution in [1.82, 2.24) is 15.3 Å². The minimum absolute atomic E-state index is 0.320. The fourth-order valence-corrected chi connectivity index (χ4v) is 2.54. The van der Waals surface area contributed by atoms with Crippen LogP contribution < -0.4 is 5.32 Å². The molecule has 0 fully saturated rings. The molecule has 2 heterocycles. The van der Waals surface area contributed by atoms with Crippen molar-refractivity contribution in [3.63, 3.8) is 0 Å². The van der Waals surface area contributed by atoms with Gasteiger partial charge in [0.1, 0.15) is 0 Å². The molecular formula is C13H17N3S. The summed E-state index contributed by atoms with van der Waals surface area (Å²) in [5, 5.41) is 3.49. The maximum Gasteiger partial charge on any atom is 0.0794 e. The molecule has 3 nitrogen and oxygen atoms in total. The van der Waals surface area contributed by atoms with Crippen LogP contribution in [0.2, 0.25) is 0 Å². The van der Waals surface area contributed by atoms with Gasteiger partial charge in [-0.2, -0.15) is 0 Å². The van der Waals surface area contributed by atoms with E-state index in [0.717, 1.165) is 18.7 Å². The molecule has 0 radical (unpaired) electrons. The van der Waals surface area contributed by atoms with E-state index in [1.54, 1.807) is 11.3 Å². The van der Waals surface area contributed by atoms with Gasteiger partial charge in [0.25, 0.3) is 0 Å². The smallest absolute Gasteiger partial charge is 0.0794 e. The molecule has 1 unspecified atom stereocenters. The molecule has 2 rings (SSSR count). The molecule has 0 saturated heterocycles. The molecule has 1 N–H and O–H groups in total. The summed E-state index contributed by atoms with van der Waals surface area (Å²) in [7, 11) is 0. The highest BCUT2D eigenvalue weighted by molar-refractivity contribution is 7.09. The van der Waals surface area contributed by atoms with Crippen LogP contribution in [0, 0.1) is 6.92 Å². The van der Waals surface area contributed by atoms with E-state index in [1.807, 2.05) is 24.0 Å². The predicted molar refractivity (Wildman–Crippen MR) is 71.2 cm³/mol. The van der Waals surface area contributed by atoms with Crippen LogP contribution in [0.5, 0.6) is 0 Å². The molecule has 0 saturated carbocycles. The standard InChI is InChI=1S/C13H17N3S/c1-3-15-12(13-8-14-9-17-13)7-11-10(2)5-4-6-16-11/h4-6,8-9,12,15H,3,7H2,1-2H3. The van der Waals surface area contributed by atoms with Crippen molar-refractivity contribution >= 4 is 11.3 Å². The lowest BCUT2D eigenvalue weighted by Crippen LogP contribution is -2.22. The molecule has 4 heteroatoms. The molecule has 0 spiro atoms. The molecule has 0 aliphatic carbocycles. The number of likely N-dealkylation sites (N-methyl/N-ethyl adjacent to an activating group) is 1. The largest absolute Gasteiger partial charge is 0.309 e. The Hall–Kier alpha value is -1.26. The quantitative estimate of drug-likeness (QED) is 0.883. The minimum Gasteiger partial charge on any atom is -0.309 e. The SMILES string of the molecule is CCNC(Cc1ncccc1C)c1cncs1. The Morgan fingerprint density at radius 1 is 1.47 bits per heavy atom. The summed E-state index contributed by atoms with van der Waals surface area (Å²) in [5.41, 5.74) is 4.29. The molecular weight excluding hydrogens is 230 g/mol. The van der Waals surface area contributed by atoms with E-state index in [4.69, 9.17) is 0 Å². The van der Waals surface area contributed by atoms with Gasteiger partial charge < -0.3 is 5.32 Å². The molecule has 17 heavy (non-hydrogen) atoms. The van der Waals surface area contributed by atoms with Crippen molar-refractivity contribution in [3.05, 3.63) is 46.2 Å². The van der Waals surface area contributed by atoms with Gasteiger partial charge in [-0.3, -0.25) is 9.97 Å². The summed E-state index contributed by atoms with van der Waals surface area (Å²) in [5.74, 6) is 0. The highest BCUT2D eigenvalue weighted by atomic mass is 32.1. The third kappa shape index (κ3) is 3.11. The zero-order chi connectivity index (χ0) is 12.1. The first kappa shape index (κ1) is 12.2. The Morgan fingerprint density at radius 2 is 2.35 bits per heavy atom. The van der Waals surface area contributed by atoms with E-state index >= 15 is 0 Å². The molecule has 0 aliphatic rings. The van der Waals surface area contributed by atoms with E-state index in [2.05, 4.69) is 35.2 Å². The van der Waals surface area contributed by atoms with Crippen LogP contribution in [0.1, 0.15) is 29.1 Å². The maximum absolute atomic E-state index is 4.45. The Bertz CT molecular complexity index is 453. The molecule has 0 amide bonds. The van der Waals surface area contributed by atoms with Gasteiger partial charge in [0.05, 0.1) is 5.51 Å². The van der Waals surface area contributed by atoms with Crippen LogP contribution in [0.3, 0.4) is 0 Å². The lowest BCUT2D eigenvalue weighted by atomic mass is 10.1. The van der Waals surface area contributed by atoms with Crippen LogP contribution in [-0.4, -0.2) is 16.5 Å². The maximum atomic E-state index is 4.45. The van der Waals surface area contributed by atoms with Gasteiger partial charge in [0, 0.05) is 35.4 Å². The summed E-state index contributed by atoms with van der Waals surface area (Å²) in [6.07, 6.45) is 4.72. The third-order valence-electron chi connectivity index (χ3n) is 2.76. The van der Waals surface area contributed by atoms with Crippen LogP contribution in [0.15, 0.2) is 30.0 Å². The van der Waals surface area contributed by atoms with Gasteiger partial charge in [-0.1, -0.05) is 13.0 Å². The van der Waals surface area contributed by atoms with E-state index in [0.29, 0.717) is 6.04 Å². The summed E-state index contributed by atoms with van der Waals surface area (Å²) in [4.78, 5) is 9.88. The average molecular weight is 247 g/mol. The molecule has 0 aromatic carbocycles. The van der Waals surface area contributed by atoms with Gasteiger partial charge in [-0.05, 0) is 25.1 Å². The second kappa shape index (κ2) is 5.89. The number of hydrogen-bond donors (Lipinski definition) is 1. The van der Waals surface area contributed by atoms with Crippen molar-refractivity contribution in [1.29, 1.82) is 0 Å². The number of nitrogens with zero attached hydrogens (tertiary/aromatic N) is 2. The minimum atomic E-state index is 0.320. The number of nitrogens with one attached hydrogen (secondary N) is 1. The number of rotatable bonds is 5. The van der Waals surface area contributed by atoms with Gasteiger partial charge in [0.2, 0.25) is 0 Å². The second-order valence-corrected chi connectivity index (χ2v) is 4.90. The highest BCUT2D eigenvalue weighted by Crippen LogP contribution is 2.21. The van der Waals surface area contributed by atoms with Gasteiger partial charge in [-0.25, -0.2) is 0 Å². The lowest BCUT2D eigenvalue weighted by Gasteiger charge is -2.16. The first-order valence-corrected chi connectivity index (χ1v) is 6.71. The molecule has 0 aliphatic heterocycles. The number of thiazole rings is 1. The summed E-state index contributed by atoms with van der Waals surface area (Å²) < 4.78 is 0. The predicted octanol–water partition coefficient (Wildman–Crippen LogP) is 2.74. The molecule has 1 atom stereocenters. The zero-order valence-electron chi connectivity index (χ0n) is 10.2. The summed E-state index contributed by atoms with van der Waals surface area (Å²) >= 11 is 1.69. The van der Waals surface area contributed by atoms with Crippen LogP contribution >= 0.6 is 11.3 Å². The van der Waals surface area contributed by atoms with Gasteiger partial charge in [0.15, 0.2) is 0 Å². The first-order valence-electron chi connectivity index (χ1n) is 5.83. The van der Waals surface area contributed by atoms with E-state index in [-0.39, 0.29) is 0 Å². The number of pyridine rings is 1. The van der Waals surface area contributed by atoms with E-state index in [1.165, 1.54) is 10.4 Å². The van der Waals surface area contributed by atoms with Gasteiger partial charge in [-0.15, -0.1) is 11.3 Å². The Labute approximate surface area is 106 Å². The third-order valence-corrected chi connectivity index (χ3v) is 3.65. The normalized spacial score (nSPS) is 12.6. The van der Waals surface area contributed by atoms with Gasteiger partial charge >= 0.3 is 0 Å². The lowest BCUT2D eigenvalue weighted by molar-refractivity contribution is 0.550.